The molecule has 1 N–H and O–H groups in total. The molecule has 0 radical (unpaired) electrons. The predicted octanol–water partition coefficient (Wildman–Crippen LogP) is 1.13. The highest BCUT2D eigenvalue weighted by Gasteiger charge is 2.40. The Hall–Kier alpha value is -1.64. The fourth-order valence-electron chi connectivity index (χ4n) is 3.01. The largest absolute Gasteiger partial charge is 0.497 e. The molecule has 1 saturated heterocycles. The van der Waals surface area contributed by atoms with Gasteiger partial charge in [0.1, 0.15) is 5.75 Å². The molecule has 138 valence electrons. The summed E-state index contributed by atoms with van der Waals surface area (Å²) in [6, 6.07) is 7.18. The topological polar surface area (TPSA) is 79.0 Å². The number of nitrogens with one attached hydrogen (secondary N) is 1. The van der Waals surface area contributed by atoms with E-state index >= 15 is 0 Å². The first kappa shape index (κ1) is 18.2. The van der Waals surface area contributed by atoms with Crippen LogP contribution in [-0.2, 0) is 14.8 Å². The van der Waals surface area contributed by atoms with Crippen molar-refractivity contribution in [3.63, 3.8) is 0 Å². The van der Waals surface area contributed by atoms with Crippen molar-refractivity contribution in [1.82, 2.24) is 9.21 Å². The molecule has 2 aliphatic rings. The van der Waals surface area contributed by atoms with Crippen molar-refractivity contribution in [2.45, 2.75) is 24.5 Å². The summed E-state index contributed by atoms with van der Waals surface area (Å²) in [7, 11) is -1.53. The minimum Gasteiger partial charge on any atom is -0.497 e. The molecule has 1 amide bonds. The van der Waals surface area contributed by atoms with Gasteiger partial charge in [0.2, 0.25) is 15.9 Å². The number of sulfonamides is 1. The van der Waals surface area contributed by atoms with Crippen LogP contribution in [-0.4, -0.2) is 68.6 Å². The van der Waals surface area contributed by atoms with E-state index in [4.69, 9.17) is 4.74 Å². The van der Waals surface area contributed by atoms with Gasteiger partial charge in [-0.3, -0.25) is 9.69 Å². The molecular weight excluding hydrogens is 342 g/mol. The fraction of sp³-hybridized carbons (Fsp3) is 0.588. The molecule has 0 unspecified atom stereocenters. The van der Waals surface area contributed by atoms with Crippen LogP contribution < -0.4 is 10.1 Å². The maximum Gasteiger partial charge on any atom is 0.238 e. The zero-order valence-electron chi connectivity index (χ0n) is 14.5. The normalized spacial score (nSPS) is 20.0. The van der Waals surface area contributed by atoms with Gasteiger partial charge >= 0.3 is 0 Å². The second-order valence-corrected chi connectivity index (χ2v) is 8.76. The molecule has 0 spiro atoms. The Morgan fingerprint density at radius 2 is 1.88 bits per heavy atom. The van der Waals surface area contributed by atoms with E-state index in [0.717, 1.165) is 37.2 Å². The van der Waals surface area contributed by atoms with Crippen LogP contribution in [0.15, 0.2) is 24.3 Å². The maximum absolute atomic E-state index is 12.3. The molecule has 0 bridgehead atoms. The molecule has 0 aromatic heterocycles. The second-order valence-electron chi connectivity index (χ2n) is 6.55. The van der Waals surface area contributed by atoms with Crippen LogP contribution in [0.1, 0.15) is 19.3 Å². The van der Waals surface area contributed by atoms with Crippen molar-refractivity contribution in [3.05, 3.63) is 24.3 Å². The van der Waals surface area contributed by atoms with Gasteiger partial charge in [-0.2, -0.15) is 0 Å². The van der Waals surface area contributed by atoms with Gasteiger partial charge in [-0.15, -0.1) is 0 Å². The van der Waals surface area contributed by atoms with E-state index in [0.29, 0.717) is 19.6 Å². The molecule has 8 heteroatoms. The molecule has 0 atom stereocenters. The summed E-state index contributed by atoms with van der Waals surface area (Å²) < 4.78 is 31.4. The fourth-order valence-corrected chi connectivity index (χ4v) is 4.89. The lowest BCUT2D eigenvalue weighted by atomic mass is 10.3. The number of benzene rings is 1. The number of rotatable bonds is 6. The highest BCUT2D eigenvalue weighted by Crippen LogP contribution is 2.31. The minimum atomic E-state index is -3.12. The summed E-state index contributed by atoms with van der Waals surface area (Å²) in [6.07, 6.45) is 2.32. The monoisotopic (exact) mass is 367 g/mol. The Bertz CT molecular complexity index is 701. The van der Waals surface area contributed by atoms with Crippen molar-refractivity contribution in [2.75, 3.05) is 45.2 Å². The summed E-state index contributed by atoms with van der Waals surface area (Å²) in [6.45, 7) is 2.60. The highest BCUT2D eigenvalue weighted by molar-refractivity contribution is 7.90. The zero-order chi connectivity index (χ0) is 17.9. The third-order valence-corrected chi connectivity index (χ3v) is 6.99. The number of hydrogen-bond acceptors (Lipinski definition) is 5. The van der Waals surface area contributed by atoms with Crippen LogP contribution in [0.4, 0.5) is 5.69 Å². The van der Waals surface area contributed by atoms with Crippen LogP contribution in [0.3, 0.4) is 0 Å². The predicted molar refractivity (Wildman–Crippen MR) is 96.2 cm³/mol. The molecule has 1 aromatic carbocycles. The van der Waals surface area contributed by atoms with Gasteiger partial charge in [0.05, 0.1) is 18.9 Å². The van der Waals surface area contributed by atoms with Crippen LogP contribution in [0.5, 0.6) is 5.75 Å². The van der Waals surface area contributed by atoms with Crippen LogP contribution in [0.2, 0.25) is 0 Å². The first-order valence-corrected chi connectivity index (χ1v) is 10.1. The molecule has 1 aromatic rings. The summed E-state index contributed by atoms with van der Waals surface area (Å²) in [5.74, 6) is 0.645. The number of ether oxygens (including phenoxy) is 1. The molecule has 1 saturated carbocycles. The average molecular weight is 367 g/mol. The van der Waals surface area contributed by atoms with Gasteiger partial charge in [-0.1, -0.05) is 0 Å². The van der Waals surface area contributed by atoms with Crippen molar-refractivity contribution in [2.24, 2.45) is 0 Å². The van der Waals surface area contributed by atoms with Gasteiger partial charge < -0.3 is 10.1 Å². The SMILES string of the molecule is COc1ccc(NC(=O)CN2CCCN(S(=O)(=O)C3CC3)CC2)cc1. The van der Waals surface area contributed by atoms with Gasteiger partial charge in [0, 0.05) is 25.3 Å². The Balaban J connectivity index is 1.50. The molecule has 25 heavy (non-hydrogen) atoms. The minimum absolute atomic E-state index is 0.0938. The quantitative estimate of drug-likeness (QED) is 0.816. The van der Waals surface area contributed by atoms with E-state index in [1.807, 2.05) is 4.90 Å². The standard InChI is InChI=1S/C17H25N3O4S/c1-24-15-5-3-14(4-6-15)18-17(21)13-19-9-2-10-20(12-11-19)25(22,23)16-7-8-16/h3-6,16H,2,7-13H2,1H3,(H,18,21). The number of anilines is 1. The first-order chi connectivity index (χ1) is 12.0. The van der Waals surface area contributed by atoms with Gasteiger partial charge in [-0.25, -0.2) is 12.7 Å². The van der Waals surface area contributed by atoms with E-state index in [1.165, 1.54) is 0 Å². The summed E-state index contributed by atoms with van der Waals surface area (Å²) in [5, 5.41) is 2.69. The van der Waals surface area contributed by atoms with E-state index < -0.39 is 10.0 Å². The Kier molecular flexibility index (Phi) is 5.61. The third-order valence-electron chi connectivity index (χ3n) is 4.59. The Labute approximate surface area is 149 Å². The summed E-state index contributed by atoms with van der Waals surface area (Å²) >= 11 is 0. The maximum atomic E-state index is 12.3. The lowest BCUT2D eigenvalue weighted by Crippen LogP contribution is -2.39. The number of hydrogen-bond donors (Lipinski definition) is 1. The Morgan fingerprint density at radius 1 is 1.16 bits per heavy atom. The van der Waals surface area contributed by atoms with Crippen molar-refractivity contribution >= 4 is 21.6 Å². The van der Waals surface area contributed by atoms with E-state index in [-0.39, 0.29) is 17.7 Å². The van der Waals surface area contributed by atoms with E-state index in [1.54, 1.807) is 35.7 Å². The molecule has 1 aliphatic carbocycles. The first-order valence-electron chi connectivity index (χ1n) is 8.64. The summed E-state index contributed by atoms with van der Waals surface area (Å²) in [4.78, 5) is 14.2. The molecule has 3 rings (SSSR count). The van der Waals surface area contributed by atoms with Crippen molar-refractivity contribution in [1.29, 1.82) is 0 Å². The Morgan fingerprint density at radius 3 is 2.52 bits per heavy atom. The third kappa shape index (κ3) is 4.71. The zero-order valence-corrected chi connectivity index (χ0v) is 15.3. The van der Waals surface area contributed by atoms with E-state index in [2.05, 4.69) is 5.32 Å². The highest BCUT2D eigenvalue weighted by atomic mass is 32.2. The smallest absolute Gasteiger partial charge is 0.238 e. The molecule has 7 nitrogen and oxygen atoms in total. The summed E-state index contributed by atoms with van der Waals surface area (Å²) in [5.41, 5.74) is 0.721. The van der Waals surface area contributed by atoms with Crippen LogP contribution in [0, 0.1) is 0 Å². The van der Waals surface area contributed by atoms with Gasteiger partial charge in [-0.05, 0) is 50.1 Å². The molecular formula is C17H25N3O4S. The lowest BCUT2D eigenvalue weighted by molar-refractivity contribution is -0.117. The number of carbonyl (C=O) groups is 1. The second kappa shape index (κ2) is 7.72. The molecule has 1 heterocycles. The number of methoxy groups -OCH3 is 1. The van der Waals surface area contributed by atoms with Gasteiger partial charge in [0.15, 0.2) is 0 Å². The van der Waals surface area contributed by atoms with E-state index in [9.17, 15) is 13.2 Å². The van der Waals surface area contributed by atoms with Crippen molar-refractivity contribution in [3.8, 4) is 5.75 Å². The van der Waals surface area contributed by atoms with Crippen LogP contribution >= 0.6 is 0 Å². The number of carbonyl (C=O) groups excluding carboxylic acids is 1. The molecule has 1 aliphatic heterocycles. The van der Waals surface area contributed by atoms with Crippen molar-refractivity contribution < 1.29 is 17.9 Å². The average Bonchev–Trinajstić information content (AvgIpc) is 3.43. The van der Waals surface area contributed by atoms with Gasteiger partial charge in [0.25, 0.3) is 0 Å². The van der Waals surface area contributed by atoms with Crippen LogP contribution in [0.25, 0.3) is 0 Å². The number of nitrogens with zero attached hydrogens (tertiary/aromatic N) is 2. The lowest BCUT2D eigenvalue weighted by Gasteiger charge is -2.21. The number of amides is 1. The molecule has 2 fully saturated rings.